The molecule has 5 aromatic rings. The number of anilines is 6. The van der Waals surface area contributed by atoms with Crippen LogP contribution in [0.3, 0.4) is 0 Å². The lowest BCUT2D eigenvalue weighted by atomic mass is 9.82. The number of hydrogen-bond acceptors (Lipinski definition) is 16. The van der Waals surface area contributed by atoms with Gasteiger partial charge in [-0.25, -0.2) is 8.97 Å². The number of quaternary nitrogens is 2. The normalized spacial score (nSPS) is 13.1. The molecule has 7 rings (SSSR count). The van der Waals surface area contributed by atoms with Crippen molar-refractivity contribution in [2.24, 2.45) is 0 Å². The van der Waals surface area contributed by atoms with Crippen molar-refractivity contribution < 1.29 is 23.7 Å². The first-order chi connectivity index (χ1) is 33.5. The van der Waals surface area contributed by atoms with E-state index in [0.29, 0.717) is 89.1 Å². The van der Waals surface area contributed by atoms with Gasteiger partial charge in [0.25, 0.3) is 0 Å². The first-order valence-corrected chi connectivity index (χ1v) is 24.7. The summed E-state index contributed by atoms with van der Waals surface area (Å²) in [4.78, 5) is 47.8. The van der Waals surface area contributed by atoms with Gasteiger partial charge in [-0.15, -0.1) is 19.9 Å². The van der Waals surface area contributed by atoms with Gasteiger partial charge in [0, 0.05) is 67.6 Å². The van der Waals surface area contributed by atoms with Gasteiger partial charge in [0.2, 0.25) is 11.9 Å². The molecule has 3 N–H and O–H groups in total. The van der Waals surface area contributed by atoms with Crippen LogP contribution in [-0.2, 0) is 22.3 Å². The van der Waals surface area contributed by atoms with E-state index in [0.717, 1.165) is 105 Å². The molecule has 18 nitrogen and oxygen atoms in total. The summed E-state index contributed by atoms with van der Waals surface area (Å²) in [6.07, 6.45) is 1.31. The molecule has 0 amide bonds. The maximum Gasteiger partial charge on any atom is 0.340 e. The molecular weight excluding hydrogens is 875 g/mol. The number of nitrogens with zero attached hydrogens (tertiary/aromatic N) is 10. The second-order valence-electron chi connectivity index (χ2n) is 17.6. The predicted molar refractivity (Wildman–Crippen MR) is 274 cm³/mol. The Morgan fingerprint density at radius 2 is 1.04 bits per heavy atom. The van der Waals surface area contributed by atoms with Crippen LogP contribution in [0.1, 0.15) is 93.6 Å². The molecule has 0 atom stereocenters. The summed E-state index contributed by atoms with van der Waals surface area (Å²) in [7, 11) is 3.40. The molecule has 370 valence electrons. The second kappa shape index (κ2) is 23.1. The summed E-state index contributed by atoms with van der Waals surface area (Å²) in [5.41, 5.74) is 8.95. The maximum atomic E-state index is 14.4. The highest BCUT2D eigenvalue weighted by Gasteiger charge is 2.38. The van der Waals surface area contributed by atoms with E-state index in [1.165, 1.54) is 0 Å². The standard InChI is InChI=1S/C51H73N13O5/c1-11-61(12-2)23-25-68-50-57-47(58-51(60-50)69-26-24-62(13-3)14-4)52-39-21-22-43-38(30-39)29-37-28-36-27-35-19-20-40(31-41(35)45(65)42(36)32-44(37)54-43)53-46-55-48(63(15-5,16-6)33-66-9)59-49(56-46)64(17-7,18-8)34-67-10/h19-22,28,30-32,54H,11-18,23-27,29,33-34H2,1-10H3,(H,52,57,58,60)(H,53,55,56,59)/q+2. The number of hydrogen-bond donors (Lipinski definition) is 3. The molecule has 0 bridgehead atoms. The smallest absolute Gasteiger partial charge is 0.340 e. The van der Waals surface area contributed by atoms with E-state index in [2.05, 4.69) is 108 Å². The van der Waals surface area contributed by atoms with E-state index in [1.54, 1.807) is 14.2 Å². The molecule has 2 aliphatic rings. The number of fused-ring (bicyclic) bond motifs is 4. The van der Waals surface area contributed by atoms with Crippen molar-refractivity contribution in [3.8, 4) is 12.0 Å². The number of nitrogens with one attached hydrogen (secondary N) is 3. The highest BCUT2D eigenvalue weighted by Crippen LogP contribution is 2.40. The summed E-state index contributed by atoms with van der Waals surface area (Å²) in [6, 6.07) is 16.7. The van der Waals surface area contributed by atoms with Crippen LogP contribution < -0.4 is 34.4 Å². The third-order valence-electron chi connectivity index (χ3n) is 13.9. The first-order valence-electron chi connectivity index (χ1n) is 24.7. The fraction of sp³-hybridized carbons (Fsp3) is 0.510. The number of carbonyl (C=O) groups is 1. The molecule has 3 aromatic carbocycles. The molecule has 0 unspecified atom stereocenters. The third-order valence-corrected chi connectivity index (χ3v) is 13.9. The highest BCUT2D eigenvalue weighted by molar-refractivity contribution is 6.13. The Balaban J connectivity index is 1.10. The van der Waals surface area contributed by atoms with Crippen LogP contribution in [0.25, 0.3) is 0 Å². The molecule has 0 saturated heterocycles. The van der Waals surface area contributed by atoms with Crippen molar-refractivity contribution in [1.29, 1.82) is 0 Å². The monoisotopic (exact) mass is 948 g/mol. The Morgan fingerprint density at radius 3 is 1.58 bits per heavy atom. The topological polar surface area (TPSA) is 174 Å². The van der Waals surface area contributed by atoms with Gasteiger partial charge in [-0.05, 0) is 119 Å². The molecular formula is C51H73N13O5+2. The molecule has 69 heavy (non-hydrogen) atoms. The van der Waals surface area contributed by atoms with E-state index < -0.39 is 0 Å². The Bertz CT molecular complexity index is 2470. The lowest BCUT2D eigenvalue weighted by Crippen LogP contribution is -2.54. The molecule has 0 radical (unpaired) electrons. The number of aromatic nitrogens is 6. The summed E-state index contributed by atoms with van der Waals surface area (Å²) < 4.78 is 24.3. The SMILES string of the molecule is CCN(CC)CCOc1nc(Nc2ccc3c(c2)Cc2cc4c(cc2N3)C(=O)c2cc(Nc3nc([N+](CC)(CC)COC)nc([N+](CC)(CC)COC)n3)ccc2C4)nc(OCCN(CC)CC)n1. The molecule has 0 fully saturated rings. The number of methoxy groups -OCH3 is 2. The number of ketones is 1. The second-order valence-corrected chi connectivity index (χ2v) is 17.6. The largest absolute Gasteiger partial charge is 0.462 e. The van der Waals surface area contributed by atoms with Gasteiger partial charge >= 0.3 is 23.9 Å². The zero-order valence-corrected chi connectivity index (χ0v) is 42.4. The van der Waals surface area contributed by atoms with Crippen LogP contribution in [0.5, 0.6) is 12.0 Å². The summed E-state index contributed by atoms with van der Waals surface area (Å²) in [5, 5.41) is 10.5. The van der Waals surface area contributed by atoms with Crippen LogP contribution in [0.2, 0.25) is 0 Å². The van der Waals surface area contributed by atoms with Crippen LogP contribution >= 0.6 is 0 Å². The van der Waals surface area contributed by atoms with Gasteiger partial charge in [0.05, 0.1) is 26.2 Å². The minimum absolute atomic E-state index is 0.0208. The van der Waals surface area contributed by atoms with Gasteiger partial charge in [0.1, 0.15) is 13.2 Å². The third kappa shape index (κ3) is 11.4. The first kappa shape index (κ1) is 51.0. The number of carbonyl (C=O) groups excluding carboxylic acids is 1. The number of benzene rings is 3. The van der Waals surface area contributed by atoms with Crippen LogP contribution in [-0.4, -0.2) is 152 Å². The van der Waals surface area contributed by atoms with Crippen molar-refractivity contribution in [1.82, 2.24) is 48.7 Å². The average Bonchev–Trinajstić information content (AvgIpc) is 3.36. The Kier molecular flexibility index (Phi) is 17.1. The highest BCUT2D eigenvalue weighted by atomic mass is 16.5. The zero-order chi connectivity index (χ0) is 49.1. The summed E-state index contributed by atoms with van der Waals surface area (Å²) >= 11 is 0. The summed E-state index contributed by atoms with van der Waals surface area (Å²) in [6.45, 7) is 26.9. The van der Waals surface area contributed by atoms with Gasteiger partial charge in [0.15, 0.2) is 19.2 Å². The quantitative estimate of drug-likeness (QED) is 0.0356. The fourth-order valence-corrected chi connectivity index (χ4v) is 9.19. The van der Waals surface area contributed by atoms with Crippen molar-refractivity contribution in [2.75, 3.05) is 122 Å². The number of likely N-dealkylation sites (N-methyl/N-ethyl adjacent to an activating group) is 2. The van der Waals surface area contributed by atoms with E-state index in [-0.39, 0.29) is 17.8 Å². The van der Waals surface area contributed by atoms with Crippen LogP contribution in [0, 0.1) is 0 Å². The minimum Gasteiger partial charge on any atom is -0.462 e. The van der Waals surface area contributed by atoms with E-state index in [1.807, 2.05) is 36.4 Å². The van der Waals surface area contributed by atoms with Crippen LogP contribution in [0.4, 0.5) is 46.5 Å². The van der Waals surface area contributed by atoms with Crippen molar-refractivity contribution in [2.45, 2.75) is 68.2 Å². The maximum absolute atomic E-state index is 14.4. The molecule has 1 aliphatic carbocycles. The Hall–Kier alpha value is -5.89. The predicted octanol–water partition coefficient (Wildman–Crippen LogP) is 7.67. The minimum atomic E-state index is -0.0208. The van der Waals surface area contributed by atoms with Gasteiger partial charge < -0.3 is 44.7 Å². The van der Waals surface area contributed by atoms with Gasteiger partial charge in [-0.3, -0.25) is 4.79 Å². The lowest BCUT2D eigenvalue weighted by molar-refractivity contribution is 0.0624. The lowest BCUT2D eigenvalue weighted by Gasteiger charge is -2.35. The molecule has 0 saturated carbocycles. The number of ether oxygens (including phenoxy) is 4. The van der Waals surface area contributed by atoms with Crippen molar-refractivity contribution in [3.05, 3.63) is 81.9 Å². The Labute approximate surface area is 408 Å². The van der Waals surface area contributed by atoms with E-state index in [9.17, 15) is 4.79 Å². The molecule has 18 heteroatoms. The summed E-state index contributed by atoms with van der Waals surface area (Å²) in [5.74, 6) is 1.96. The van der Waals surface area contributed by atoms with Crippen LogP contribution in [0.15, 0.2) is 48.5 Å². The average molecular weight is 948 g/mol. The zero-order valence-electron chi connectivity index (χ0n) is 42.4. The molecule has 2 aromatic heterocycles. The fourth-order valence-electron chi connectivity index (χ4n) is 9.19. The van der Waals surface area contributed by atoms with Gasteiger partial charge in [-0.1, -0.05) is 39.8 Å². The van der Waals surface area contributed by atoms with Gasteiger partial charge in [-0.2, -0.15) is 9.97 Å². The Morgan fingerprint density at radius 1 is 0.551 bits per heavy atom. The van der Waals surface area contributed by atoms with E-state index >= 15 is 0 Å². The van der Waals surface area contributed by atoms with Crippen molar-refractivity contribution in [3.63, 3.8) is 0 Å². The van der Waals surface area contributed by atoms with Crippen molar-refractivity contribution >= 4 is 52.3 Å². The molecule has 1 aliphatic heterocycles. The molecule has 0 spiro atoms. The number of rotatable bonds is 26. The molecule has 3 heterocycles. The van der Waals surface area contributed by atoms with E-state index in [4.69, 9.17) is 33.9 Å².